The van der Waals surface area contributed by atoms with Crippen LogP contribution in [-0.4, -0.2) is 82.3 Å². The molecule has 0 aromatic heterocycles. The van der Waals surface area contributed by atoms with E-state index in [9.17, 15) is 14.0 Å². The molecular weight excluding hydrogens is 453 g/mol. The average Bonchev–Trinajstić information content (AvgIpc) is 2.88. The smallest absolute Gasteiger partial charge is 0.254 e. The van der Waals surface area contributed by atoms with Crippen LogP contribution in [0.3, 0.4) is 0 Å². The lowest BCUT2D eigenvalue weighted by atomic mass is 9.79. The summed E-state index contributed by atoms with van der Waals surface area (Å²) in [5.74, 6) is -1.08. The summed E-state index contributed by atoms with van der Waals surface area (Å²) < 4.78 is 31.1. The number of nitrogens with one attached hydrogen (secondary N) is 1. The van der Waals surface area contributed by atoms with Crippen molar-refractivity contribution < 1.29 is 28.2 Å². The Labute approximate surface area is 204 Å². The van der Waals surface area contributed by atoms with Crippen LogP contribution in [0.25, 0.3) is 0 Å². The number of methoxy groups -OCH3 is 2. The van der Waals surface area contributed by atoms with Crippen molar-refractivity contribution in [2.45, 2.75) is 18.4 Å². The first kappa shape index (κ1) is 24.9. The van der Waals surface area contributed by atoms with E-state index in [-0.39, 0.29) is 17.4 Å². The first-order chi connectivity index (χ1) is 17.0. The van der Waals surface area contributed by atoms with Gasteiger partial charge < -0.3 is 24.4 Å². The van der Waals surface area contributed by atoms with E-state index in [0.717, 1.165) is 39.3 Å². The second kappa shape index (κ2) is 11.0. The van der Waals surface area contributed by atoms with Crippen molar-refractivity contribution >= 4 is 11.8 Å². The molecule has 2 aliphatic heterocycles. The van der Waals surface area contributed by atoms with Gasteiger partial charge in [-0.3, -0.25) is 14.5 Å². The Bertz CT molecular complexity index is 1070. The zero-order valence-electron chi connectivity index (χ0n) is 20.4. The normalized spacial score (nSPS) is 20.3. The fraction of sp³-hybridized carbons (Fsp3) is 0.462. The first-order valence-corrected chi connectivity index (χ1v) is 11.8. The number of amides is 2. The van der Waals surface area contributed by atoms with E-state index in [2.05, 4.69) is 10.2 Å². The molecule has 0 spiro atoms. The minimum Gasteiger partial charge on any atom is -0.493 e. The molecule has 2 aromatic carbocycles. The number of ether oxygens (including phenoxy) is 3. The van der Waals surface area contributed by atoms with Crippen LogP contribution in [-0.2, 0) is 9.53 Å². The van der Waals surface area contributed by atoms with Gasteiger partial charge in [-0.1, -0.05) is 18.2 Å². The Hall–Kier alpha value is -3.17. The zero-order valence-corrected chi connectivity index (χ0v) is 20.4. The first-order valence-electron chi connectivity index (χ1n) is 11.8. The molecule has 2 heterocycles. The molecule has 0 saturated carbocycles. The molecule has 0 bridgehead atoms. The number of carbonyl (C=O) groups excluding carboxylic acids is 2. The monoisotopic (exact) mass is 485 g/mol. The van der Waals surface area contributed by atoms with Gasteiger partial charge in [0.05, 0.1) is 39.4 Å². The summed E-state index contributed by atoms with van der Waals surface area (Å²) in [5.41, 5.74) is 1.12. The van der Waals surface area contributed by atoms with Crippen molar-refractivity contribution in [2.24, 2.45) is 0 Å². The van der Waals surface area contributed by atoms with E-state index in [1.54, 1.807) is 37.4 Å². The number of morpholine rings is 1. The number of hydrogen-bond donors (Lipinski definition) is 1. The second-order valence-electron chi connectivity index (χ2n) is 8.75. The van der Waals surface area contributed by atoms with Crippen molar-refractivity contribution in [1.82, 2.24) is 15.1 Å². The topological polar surface area (TPSA) is 80.3 Å². The van der Waals surface area contributed by atoms with Gasteiger partial charge in [-0.25, -0.2) is 4.39 Å². The molecule has 1 N–H and O–H groups in total. The van der Waals surface area contributed by atoms with Crippen molar-refractivity contribution in [3.8, 4) is 11.5 Å². The van der Waals surface area contributed by atoms with Crippen LogP contribution in [0.15, 0.2) is 36.4 Å². The van der Waals surface area contributed by atoms with E-state index in [1.807, 2.05) is 0 Å². The molecule has 2 atom stereocenters. The number of benzene rings is 2. The maximum absolute atomic E-state index is 14.9. The molecule has 2 aliphatic rings. The van der Waals surface area contributed by atoms with Crippen LogP contribution in [0, 0.1) is 5.82 Å². The molecule has 9 heteroatoms. The number of likely N-dealkylation sites (N-methyl/N-ethyl adjacent to an activating group) is 1. The summed E-state index contributed by atoms with van der Waals surface area (Å²) in [6, 6.07) is 8.69. The number of halogens is 1. The quantitative estimate of drug-likeness (QED) is 0.579. The van der Waals surface area contributed by atoms with Gasteiger partial charge in [0.1, 0.15) is 5.82 Å². The molecule has 188 valence electrons. The molecule has 1 fully saturated rings. The van der Waals surface area contributed by atoms with Gasteiger partial charge >= 0.3 is 0 Å². The van der Waals surface area contributed by atoms with Crippen LogP contribution >= 0.6 is 0 Å². The van der Waals surface area contributed by atoms with E-state index in [1.165, 1.54) is 25.2 Å². The second-order valence-corrected chi connectivity index (χ2v) is 8.75. The van der Waals surface area contributed by atoms with Gasteiger partial charge in [0, 0.05) is 37.8 Å². The lowest BCUT2D eigenvalue weighted by molar-refractivity contribution is -0.124. The zero-order chi connectivity index (χ0) is 24.9. The van der Waals surface area contributed by atoms with Crippen molar-refractivity contribution in [3.05, 3.63) is 58.9 Å². The SMILES string of the molecule is COc1cc2c(cc1OC)C(C(=O)NCCCN1CCOCC1)C(c1ccccc1F)N(C)C2=O. The summed E-state index contributed by atoms with van der Waals surface area (Å²) in [6.07, 6.45) is 0.774. The average molecular weight is 486 g/mol. The van der Waals surface area contributed by atoms with Crippen LogP contribution < -0.4 is 14.8 Å². The maximum atomic E-state index is 14.9. The summed E-state index contributed by atoms with van der Waals surface area (Å²) in [5, 5.41) is 3.02. The van der Waals surface area contributed by atoms with Gasteiger partial charge in [-0.15, -0.1) is 0 Å². The highest BCUT2D eigenvalue weighted by Gasteiger charge is 2.44. The lowest BCUT2D eigenvalue weighted by Gasteiger charge is -2.40. The number of carbonyl (C=O) groups is 2. The third-order valence-corrected chi connectivity index (χ3v) is 6.73. The molecule has 2 aromatic rings. The van der Waals surface area contributed by atoms with Crippen molar-refractivity contribution in [3.63, 3.8) is 0 Å². The van der Waals surface area contributed by atoms with Crippen LogP contribution in [0.2, 0.25) is 0 Å². The molecule has 4 rings (SSSR count). The third-order valence-electron chi connectivity index (χ3n) is 6.73. The third kappa shape index (κ3) is 5.11. The van der Waals surface area contributed by atoms with Crippen LogP contribution in [0.4, 0.5) is 4.39 Å². The van der Waals surface area contributed by atoms with Gasteiger partial charge in [0.25, 0.3) is 5.91 Å². The van der Waals surface area contributed by atoms with Gasteiger partial charge in [0.2, 0.25) is 5.91 Å². The highest BCUT2D eigenvalue weighted by Crippen LogP contribution is 2.46. The fourth-order valence-corrected chi connectivity index (χ4v) is 4.88. The molecule has 2 amide bonds. The molecule has 0 radical (unpaired) electrons. The largest absolute Gasteiger partial charge is 0.493 e. The van der Waals surface area contributed by atoms with E-state index in [0.29, 0.717) is 29.2 Å². The Morgan fingerprint density at radius 3 is 2.49 bits per heavy atom. The minimum absolute atomic E-state index is 0.270. The minimum atomic E-state index is -0.826. The Morgan fingerprint density at radius 2 is 1.80 bits per heavy atom. The highest BCUT2D eigenvalue weighted by atomic mass is 19.1. The van der Waals surface area contributed by atoms with Crippen molar-refractivity contribution in [1.29, 1.82) is 0 Å². The Morgan fingerprint density at radius 1 is 1.11 bits per heavy atom. The summed E-state index contributed by atoms with van der Waals surface area (Å²) in [6.45, 7) is 4.53. The van der Waals surface area contributed by atoms with E-state index >= 15 is 0 Å². The van der Waals surface area contributed by atoms with Crippen molar-refractivity contribution in [2.75, 3.05) is 60.7 Å². The summed E-state index contributed by atoms with van der Waals surface area (Å²) in [7, 11) is 4.58. The number of fused-ring (bicyclic) bond motifs is 1. The van der Waals surface area contributed by atoms with E-state index in [4.69, 9.17) is 14.2 Å². The molecule has 1 saturated heterocycles. The Kier molecular flexibility index (Phi) is 7.87. The summed E-state index contributed by atoms with van der Waals surface area (Å²) >= 11 is 0. The predicted octanol–water partition coefficient (Wildman–Crippen LogP) is 2.59. The number of rotatable bonds is 8. The predicted molar refractivity (Wildman–Crippen MR) is 128 cm³/mol. The summed E-state index contributed by atoms with van der Waals surface area (Å²) in [4.78, 5) is 30.7. The van der Waals surface area contributed by atoms with Crippen LogP contribution in [0.5, 0.6) is 11.5 Å². The van der Waals surface area contributed by atoms with E-state index < -0.39 is 17.8 Å². The molecule has 2 unspecified atom stereocenters. The standard InChI is InChI=1S/C26H32FN3O5/c1-29-24(17-7-4-5-8-20(17)27)23(25(31)28-9-6-10-30-11-13-35-14-12-30)18-15-21(33-2)22(34-3)16-19(18)26(29)32/h4-5,7-8,15-16,23-24H,6,9-14H2,1-3H3,(H,28,31). The molecule has 0 aliphatic carbocycles. The van der Waals surface area contributed by atoms with Gasteiger partial charge in [-0.2, -0.15) is 0 Å². The molecule has 35 heavy (non-hydrogen) atoms. The van der Waals surface area contributed by atoms with Gasteiger partial charge in [0.15, 0.2) is 11.5 Å². The van der Waals surface area contributed by atoms with Crippen LogP contribution in [0.1, 0.15) is 39.9 Å². The maximum Gasteiger partial charge on any atom is 0.254 e. The number of hydrogen-bond acceptors (Lipinski definition) is 6. The molecular formula is C26H32FN3O5. The number of nitrogens with zero attached hydrogens (tertiary/aromatic N) is 2. The lowest BCUT2D eigenvalue weighted by Crippen LogP contribution is -2.46. The highest BCUT2D eigenvalue weighted by molar-refractivity contribution is 6.02. The fourth-order valence-electron chi connectivity index (χ4n) is 4.88. The van der Waals surface area contributed by atoms with Gasteiger partial charge in [-0.05, 0) is 36.7 Å². The Balaban J connectivity index is 1.65. The molecule has 8 nitrogen and oxygen atoms in total.